The molecule has 1 saturated carbocycles. The van der Waals surface area contributed by atoms with Gasteiger partial charge < -0.3 is 14.8 Å². The Balaban J connectivity index is 1.63. The van der Waals surface area contributed by atoms with Gasteiger partial charge in [-0.25, -0.2) is 4.98 Å². The number of amides is 2. The Morgan fingerprint density at radius 3 is 2.70 bits per heavy atom. The Hall–Kier alpha value is -2.20. The van der Waals surface area contributed by atoms with Crippen LogP contribution < -0.4 is 5.32 Å². The molecule has 2 heterocycles. The molecule has 0 bridgehead atoms. The van der Waals surface area contributed by atoms with E-state index in [1.54, 1.807) is 21.0 Å². The van der Waals surface area contributed by atoms with Gasteiger partial charge in [0, 0.05) is 26.6 Å². The summed E-state index contributed by atoms with van der Waals surface area (Å²) in [5, 5.41) is 12.7. The van der Waals surface area contributed by atoms with E-state index in [4.69, 9.17) is 0 Å². The van der Waals surface area contributed by atoms with Crippen molar-refractivity contribution in [3.63, 3.8) is 0 Å². The van der Waals surface area contributed by atoms with Crippen molar-refractivity contribution in [3.8, 4) is 0 Å². The molecule has 0 unspecified atom stereocenters. The molecule has 2 amide bonds. The molecule has 8 nitrogen and oxygen atoms in total. The molecular weight excluding hydrogens is 420 g/mol. The first kappa shape index (κ1) is 22.5. The first-order valence-electron chi connectivity index (χ1n) is 10.1. The fourth-order valence-electron chi connectivity index (χ4n) is 3.51. The molecular formula is C20H28N6O2S2. The van der Waals surface area contributed by atoms with E-state index in [9.17, 15) is 9.59 Å². The van der Waals surface area contributed by atoms with Gasteiger partial charge >= 0.3 is 0 Å². The molecule has 3 rings (SSSR count). The maximum Gasteiger partial charge on any atom is 0.265 e. The second-order valence-electron chi connectivity index (χ2n) is 7.54. The van der Waals surface area contributed by atoms with E-state index in [1.165, 1.54) is 47.3 Å². The predicted octanol–water partition coefficient (Wildman–Crippen LogP) is 3.71. The summed E-state index contributed by atoms with van der Waals surface area (Å²) in [6, 6.07) is 0. The molecule has 0 spiro atoms. The summed E-state index contributed by atoms with van der Waals surface area (Å²) < 4.78 is 2.07. The van der Waals surface area contributed by atoms with Gasteiger partial charge in [0.1, 0.15) is 10.7 Å². The van der Waals surface area contributed by atoms with E-state index in [0.717, 1.165) is 23.8 Å². The molecule has 1 aliphatic rings. The fourth-order valence-corrected chi connectivity index (χ4v) is 5.27. The first-order chi connectivity index (χ1) is 14.4. The summed E-state index contributed by atoms with van der Waals surface area (Å²) in [6.07, 6.45) is 7.84. The minimum absolute atomic E-state index is 0.118. The van der Waals surface area contributed by atoms with Crippen LogP contribution in [0.3, 0.4) is 0 Å². The number of aryl methyl sites for hydroxylation is 1. The van der Waals surface area contributed by atoms with Crippen LogP contribution in [0.4, 0.5) is 5.13 Å². The van der Waals surface area contributed by atoms with Crippen molar-refractivity contribution < 1.29 is 9.59 Å². The maximum absolute atomic E-state index is 12.4. The van der Waals surface area contributed by atoms with Gasteiger partial charge in [0.15, 0.2) is 10.3 Å². The summed E-state index contributed by atoms with van der Waals surface area (Å²) >= 11 is 2.54. The van der Waals surface area contributed by atoms with E-state index >= 15 is 0 Å². The van der Waals surface area contributed by atoms with Crippen LogP contribution in [-0.4, -0.2) is 56.3 Å². The Labute approximate surface area is 185 Å². The summed E-state index contributed by atoms with van der Waals surface area (Å²) in [5.74, 6) is 1.31. The molecule has 2 aromatic heterocycles. The van der Waals surface area contributed by atoms with Gasteiger partial charge in [0.05, 0.1) is 11.4 Å². The SMILES string of the molecule is C=CCn1c(SCC(=O)Nc2nc(C)c(C(=O)N(C)C)s2)nnc1C1CCCCC1. The van der Waals surface area contributed by atoms with Crippen LogP contribution in [0.1, 0.15) is 59.2 Å². The predicted molar refractivity (Wildman–Crippen MR) is 120 cm³/mol. The topological polar surface area (TPSA) is 93.0 Å². The number of hydrogen-bond donors (Lipinski definition) is 1. The molecule has 1 aliphatic carbocycles. The number of anilines is 1. The Kier molecular flexibility index (Phi) is 7.65. The monoisotopic (exact) mass is 448 g/mol. The highest BCUT2D eigenvalue weighted by molar-refractivity contribution is 7.99. The van der Waals surface area contributed by atoms with E-state index in [-0.39, 0.29) is 17.6 Å². The number of thioether (sulfide) groups is 1. The normalized spacial score (nSPS) is 14.5. The standard InChI is InChI=1S/C20H28N6O2S2/c1-5-11-26-17(14-9-7-6-8-10-14)23-24-20(26)29-12-15(27)22-19-21-13(2)16(30-19)18(28)25(3)4/h5,14H,1,6-12H2,2-4H3,(H,21,22,27). The van der Waals surface area contributed by atoms with Gasteiger partial charge in [-0.1, -0.05) is 48.4 Å². The third-order valence-electron chi connectivity index (χ3n) is 5.00. The average molecular weight is 449 g/mol. The number of carbonyl (C=O) groups excluding carboxylic acids is 2. The van der Waals surface area contributed by atoms with Crippen LogP contribution in [0.15, 0.2) is 17.8 Å². The second kappa shape index (κ2) is 10.2. The number of carbonyl (C=O) groups is 2. The van der Waals surface area contributed by atoms with Crippen molar-refractivity contribution in [2.45, 2.75) is 56.6 Å². The van der Waals surface area contributed by atoms with Gasteiger partial charge in [-0.3, -0.25) is 9.59 Å². The van der Waals surface area contributed by atoms with Crippen LogP contribution >= 0.6 is 23.1 Å². The van der Waals surface area contributed by atoms with Crippen LogP contribution in [0.25, 0.3) is 0 Å². The molecule has 0 aromatic carbocycles. The van der Waals surface area contributed by atoms with Gasteiger partial charge in [-0.2, -0.15) is 0 Å². The Morgan fingerprint density at radius 2 is 2.03 bits per heavy atom. The molecule has 2 aromatic rings. The quantitative estimate of drug-likeness (QED) is 0.489. The smallest absolute Gasteiger partial charge is 0.265 e. The lowest BCUT2D eigenvalue weighted by Crippen LogP contribution is -2.21. The molecule has 0 atom stereocenters. The number of hydrogen-bond acceptors (Lipinski definition) is 7. The van der Waals surface area contributed by atoms with Gasteiger partial charge in [0.25, 0.3) is 5.91 Å². The highest BCUT2D eigenvalue weighted by Crippen LogP contribution is 2.33. The molecule has 0 aliphatic heterocycles. The highest BCUT2D eigenvalue weighted by Gasteiger charge is 2.24. The number of thiazole rings is 1. The molecule has 1 fully saturated rings. The average Bonchev–Trinajstić information content (AvgIpc) is 3.29. The van der Waals surface area contributed by atoms with Crippen molar-refractivity contribution in [2.75, 3.05) is 25.2 Å². The van der Waals surface area contributed by atoms with E-state index in [1.807, 2.05) is 6.08 Å². The molecule has 0 radical (unpaired) electrons. The maximum atomic E-state index is 12.4. The minimum atomic E-state index is -0.190. The lowest BCUT2D eigenvalue weighted by atomic mass is 9.89. The summed E-state index contributed by atoms with van der Waals surface area (Å²) in [6.45, 7) is 6.24. The van der Waals surface area contributed by atoms with E-state index in [0.29, 0.717) is 28.2 Å². The van der Waals surface area contributed by atoms with Crippen LogP contribution in [0.2, 0.25) is 0 Å². The lowest BCUT2D eigenvalue weighted by Gasteiger charge is -2.21. The molecule has 10 heteroatoms. The van der Waals surface area contributed by atoms with Crippen molar-refractivity contribution in [1.29, 1.82) is 0 Å². The summed E-state index contributed by atoms with van der Waals surface area (Å²) in [7, 11) is 3.38. The van der Waals surface area contributed by atoms with Gasteiger partial charge in [-0.15, -0.1) is 16.8 Å². The number of allylic oxidation sites excluding steroid dienone is 1. The summed E-state index contributed by atoms with van der Waals surface area (Å²) in [5.41, 5.74) is 0.615. The van der Waals surface area contributed by atoms with Crippen molar-refractivity contribution in [3.05, 3.63) is 29.1 Å². The second-order valence-corrected chi connectivity index (χ2v) is 9.49. The van der Waals surface area contributed by atoms with Crippen LogP contribution in [0, 0.1) is 6.92 Å². The zero-order valence-electron chi connectivity index (χ0n) is 17.7. The van der Waals surface area contributed by atoms with Crippen LogP contribution in [0.5, 0.6) is 0 Å². The van der Waals surface area contributed by atoms with Gasteiger partial charge in [0.2, 0.25) is 5.91 Å². The lowest BCUT2D eigenvalue weighted by molar-refractivity contribution is -0.113. The number of aromatic nitrogens is 4. The number of rotatable bonds is 8. The highest BCUT2D eigenvalue weighted by atomic mass is 32.2. The van der Waals surface area contributed by atoms with E-state index < -0.39 is 0 Å². The third kappa shape index (κ3) is 5.28. The van der Waals surface area contributed by atoms with Crippen molar-refractivity contribution in [1.82, 2.24) is 24.6 Å². The number of nitrogens with one attached hydrogen (secondary N) is 1. The fraction of sp³-hybridized carbons (Fsp3) is 0.550. The number of nitrogens with zero attached hydrogens (tertiary/aromatic N) is 5. The minimum Gasteiger partial charge on any atom is -0.344 e. The molecule has 30 heavy (non-hydrogen) atoms. The zero-order valence-corrected chi connectivity index (χ0v) is 19.3. The largest absolute Gasteiger partial charge is 0.344 e. The Bertz CT molecular complexity index is 915. The Morgan fingerprint density at radius 1 is 1.30 bits per heavy atom. The van der Waals surface area contributed by atoms with Crippen molar-refractivity contribution in [2.24, 2.45) is 0 Å². The first-order valence-corrected chi connectivity index (χ1v) is 11.9. The van der Waals surface area contributed by atoms with Crippen molar-refractivity contribution >= 4 is 40.0 Å². The van der Waals surface area contributed by atoms with E-state index in [2.05, 4.69) is 31.6 Å². The third-order valence-corrected chi connectivity index (χ3v) is 7.03. The van der Waals surface area contributed by atoms with Gasteiger partial charge in [-0.05, 0) is 19.8 Å². The zero-order chi connectivity index (χ0) is 21.7. The molecule has 1 N–H and O–H groups in total. The molecule has 0 saturated heterocycles. The summed E-state index contributed by atoms with van der Waals surface area (Å²) in [4.78, 5) is 30.9. The van der Waals surface area contributed by atoms with Crippen LogP contribution in [-0.2, 0) is 11.3 Å². The molecule has 162 valence electrons.